The summed E-state index contributed by atoms with van der Waals surface area (Å²) in [5, 5.41) is 11.9. The predicted molar refractivity (Wildman–Crippen MR) is 407 cm³/mol. The Labute approximate surface area is 587 Å². The van der Waals surface area contributed by atoms with Gasteiger partial charge in [0.2, 0.25) is 0 Å². The summed E-state index contributed by atoms with van der Waals surface area (Å²) in [6, 6.07) is 0. The molecule has 0 aliphatic carbocycles. The molecular weight excluding hydrogens is 1170 g/mol. The van der Waals surface area contributed by atoms with Gasteiger partial charge in [-0.2, -0.15) is 0 Å². The standard InChI is InChI=1S/C86H149NO8/c1-6-8-10-12-14-16-18-20-22-24-26-28-30-32-34-36-38-39-40-41-42-43-44-45-47-49-51-53-55-57-59-61-63-65-67-69-71-73-75-77-84(89)95-82(81-94-86(85(90)91)92-79-78-87(3,4)5)80-93-83(88)76-74-72-70-68-66-64-62-60-58-56-54-52-50-48-46-37-35-33-31-29-27-25-23-21-19-17-15-13-11-9-7-2/h8,10,14,16,19-22,25-28,32,34,38-39,41-42,44-45,82,86H,6-7,9,11-13,15,17-18,23-24,29-31,33,35-37,40,43,46-81H2,1-5H3/b10-8-,16-14-,21-19-,22-20-,27-25-,28-26-,34-32-,39-38-,42-41-,45-44-. The van der Waals surface area contributed by atoms with Crippen molar-refractivity contribution in [2.75, 3.05) is 47.5 Å². The van der Waals surface area contributed by atoms with Crippen LogP contribution in [0.5, 0.6) is 0 Å². The number of carbonyl (C=O) groups excluding carboxylic acids is 3. The molecule has 0 rings (SSSR count). The highest BCUT2D eigenvalue weighted by Gasteiger charge is 2.22. The fraction of sp³-hybridized carbons (Fsp3) is 0.733. The first-order valence-electron chi connectivity index (χ1n) is 39.7. The minimum Gasteiger partial charge on any atom is -0.545 e. The Morgan fingerprint density at radius 3 is 0.895 bits per heavy atom. The second-order valence-electron chi connectivity index (χ2n) is 27.6. The first kappa shape index (κ1) is 90.7. The molecule has 0 spiro atoms. The summed E-state index contributed by atoms with van der Waals surface area (Å²) in [6.07, 6.45) is 105. The Morgan fingerprint density at radius 1 is 0.326 bits per heavy atom. The second-order valence-corrected chi connectivity index (χ2v) is 27.6. The average molecular weight is 1330 g/mol. The van der Waals surface area contributed by atoms with E-state index in [4.69, 9.17) is 18.9 Å². The van der Waals surface area contributed by atoms with Gasteiger partial charge in [0.15, 0.2) is 12.4 Å². The molecule has 9 heteroatoms. The van der Waals surface area contributed by atoms with E-state index in [1.807, 2.05) is 21.1 Å². The monoisotopic (exact) mass is 1320 g/mol. The summed E-state index contributed by atoms with van der Waals surface area (Å²) >= 11 is 0. The van der Waals surface area contributed by atoms with E-state index in [1.54, 1.807) is 0 Å². The smallest absolute Gasteiger partial charge is 0.306 e. The van der Waals surface area contributed by atoms with Gasteiger partial charge in [-0.25, -0.2) is 0 Å². The maximum Gasteiger partial charge on any atom is 0.306 e. The van der Waals surface area contributed by atoms with Gasteiger partial charge in [-0.05, 0) is 109 Å². The second kappa shape index (κ2) is 75.5. The normalized spacial score (nSPS) is 13.3. The number of rotatable bonds is 73. The van der Waals surface area contributed by atoms with Crippen molar-refractivity contribution in [3.63, 3.8) is 0 Å². The minimum absolute atomic E-state index is 0.145. The minimum atomic E-state index is -1.63. The average Bonchev–Trinajstić information content (AvgIpc) is 2.92. The highest BCUT2D eigenvalue weighted by atomic mass is 16.7. The largest absolute Gasteiger partial charge is 0.545 e. The van der Waals surface area contributed by atoms with E-state index in [1.165, 1.54) is 218 Å². The SMILES string of the molecule is CC/C=C\C/C=C\C/C=C\C/C=C\C/C=C\C/C=C\C/C=C\C/C=C\CCCCCCCCCCCCCCCCC(=O)OC(COC(=O)CCCCCCCCCCCCCCCCCCCCC/C=C\C/C=C\CCCCCCC)COC(OCC[N+](C)(C)C)C(=O)[O-]. The lowest BCUT2D eigenvalue weighted by molar-refractivity contribution is -0.870. The maximum absolute atomic E-state index is 13.0. The zero-order valence-electron chi connectivity index (χ0n) is 62.5. The number of nitrogens with zero attached hydrogens (tertiary/aromatic N) is 1. The molecule has 0 heterocycles. The number of aliphatic carboxylic acids is 1. The Balaban J connectivity index is 4.05. The Morgan fingerprint density at radius 2 is 0.600 bits per heavy atom. The van der Waals surface area contributed by atoms with Crippen LogP contribution in [0.25, 0.3) is 0 Å². The van der Waals surface area contributed by atoms with E-state index in [0.717, 1.165) is 96.3 Å². The van der Waals surface area contributed by atoms with Gasteiger partial charge in [-0.3, -0.25) is 9.59 Å². The van der Waals surface area contributed by atoms with Crippen LogP contribution in [0.4, 0.5) is 0 Å². The van der Waals surface area contributed by atoms with Crippen LogP contribution in [0.2, 0.25) is 0 Å². The number of hydrogen-bond donors (Lipinski definition) is 0. The van der Waals surface area contributed by atoms with Crippen LogP contribution in [0.3, 0.4) is 0 Å². The number of allylic oxidation sites excluding steroid dienone is 20. The van der Waals surface area contributed by atoms with E-state index in [9.17, 15) is 19.5 Å². The summed E-state index contributed by atoms with van der Waals surface area (Å²) < 4.78 is 22.9. The van der Waals surface area contributed by atoms with E-state index in [-0.39, 0.29) is 32.2 Å². The molecule has 9 nitrogen and oxygen atoms in total. The van der Waals surface area contributed by atoms with Crippen molar-refractivity contribution in [3.8, 4) is 0 Å². The summed E-state index contributed by atoms with van der Waals surface area (Å²) in [4.78, 5) is 37.6. The number of carboxylic acids is 1. The van der Waals surface area contributed by atoms with Crippen LogP contribution in [0.15, 0.2) is 122 Å². The first-order chi connectivity index (χ1) is 46.6. The number of unbranched alkanes of at least 4 members (excludes halogenated alkanes) is 38. The van der Waals surface area contributed by atoms with Crippen LogP contribution in [-0.2, 0) is 33.3 Å². The molecule has 0 radical (unpaired) electrons. The molecular formula is C86H149NO8. The van der Waals surface area contributed by atoms with Gasteiger partial charge in [0, 0.05) is 12.8 Å². The van der Waals surface area contributed by atoms with Crippen LogP contribution >= 0.6 is 0 Å². The third-order valence-electron chi connectivity index (χ3n) is 17.2. The molecule has 0 N–H and O–H groups in total. The van der Waals surface area contributed by atoms with Gasteiger partial charge in [0.25, 0.3) is 0 Å². The zero-order chi connectivity index (χ0) is 69.0. The number of ether oxygens (including phenoxy) is 4. The maximum atomic E-state index is 13.0. The molecule has 0 saturated heterocycles. The summed E-state index contributed by atoms with van der Waals surface area (Å²) in [5.74, 6) is -2.27. The lowest BCUT2D eigenvalue weighted by Crippen LogP contribution is -2.44. The molecule has 0 aliphatic rings. The van der Waals surface area contributed by atoms with Gasteiger partial charge in [0.05, 0.1) is 40.3 Å². The van der Waals surface area contributed by atoms with Crippen molar-refractivity contribution in [1.29, 1.82) is 0 Å². The van der Waals surface area contributed by atoms with E-state index < -0.39 is 24.3 Å². The molecule has 0 saturated carbocycles. The number of carboxylic acid groups (broad SMARTS) is 1. The molecule has 2 atom stereocenters. The zero-order valence-corrected chi connectivity index (χ0v) is 62.5. The molecule has 0 aromatic rings. The fourth-order valence-electron chi connectivity index (χ4n) is 11.2. The molecule has 0 aromatic carbocycles. The van der Waals surface area contributed by atoms with Gasteiger partial charge in [-0.15, -0.1) is 0 Å². The lowest BCUT2D eigenvalue weighted by atomic mass is 10.0. The predicted octanol–water partition coefficient (Wildman–Crippen LogP) is 24.1. The van der Waals surface area contributed by atoms with Crippen LogP contribution in [0, 0.1) is 0 Å². The van der Waals surface area contributed by atoms with Crippen LogP contribution in [0.1, 0.15) is 348 Å². The van der Waals surface area contributed by atoms with Crippen molar-refractivity contribution in [3.05, 3.63) is 122 Å². The molecule has 0 aromatic heterocycles. The molecule has 546 valence electrons. The molecule has 95 heavy (non-hydrogen) atoms. The highest BCUT2D eigenvalue weighted by molar-refractivity contribution is 5.70. The van der Waals surface area contributed by atoms with Crippen LogP contribution < -0.4 is 5.11 Å². The Kier molecular flexibility index (Phi) is 72.0. The highest BCUT2D eigenvalue weighted by Crippen LogP contribution is 2.18. The quantitative estimate of drug-likeness (QED) is 0.0195. The summed E-state index contributed by atoms with van der Waals surface area (Å²) in [6.45, 7) is 4.66. The van der Waals surface area contributed by atoms with Crippen molar-refractivity contribution in [2.24, 2.45) is 0 Å². The van der Waals surface area contributed by atoms with Gasteiger partial charge in [0.1, 0.15) is 13.2 Å². The summed E-state index contributed by atoms with van der Waals surface area (Å²) in [5.41, 5.74) is 0. The third kappa shape index (κ3) is 76.9. The van der Waals surface area contributed by atoms with Crippen molar-refractivity contribution < 1.29 is 42.9 Å². The van der Waals surface area contributed by atoms with Gasteiger partial charge >= 0.3 is 11.9 Å². The topological polar surface area (TPSA) is 111 Å². The first-order valence-corrected chi connectivity index (χ1v) is 39.7. The fourth-order valence-corrected chi connectivity index (χ4v) is 11.2. The van der Waals surface area contributed by atoms with Gasteiger partial charge in [-0.1, -0.05) is 347 Å². The number of hydrogen-bond acceptors (Lipinski definition) is 8. The molecule has 2 unspecified atom stereocenters. The molecule has 0 fully saturated rings. The Hall–Kier alpha value is -4.31. The third-order valence-corrected chi connectivity index (χ3v) is 17.2. The number of likely N-dealkylation sites (N-methyl/N-ethyl adjacent to an activating group) is 1. The number of carbonyl (C=O) groups is 3. The van der Waals surface area contributed by atoms with Crippen molar-refractivity contribution in [1.82, 2.24) is 0 Å². The van der Waals surface area contributed by atoms with E-state index in [2.05, 4.69) is 135 Å². The van der Waals surface area contributed by atoms with Crippen LogP contribution in [-0.4, -0.2) is 82.3 Å². The Bertz CT molecular complexity index is 1980. The molecule has 0 bridgehead atoms. The van der Waals surface area contributed by atoms with Gasteiger partial charge < -0.3 is 33.3 Å². The number of quaternary nitrogens is 1. The summed E-state index contributed by atoms with van der Waals surface area (Å²) in [7, 11) is 5.94. The number of esters is 2. The molecule has 0 amide bonds. The van der Waals surface area contributed by atoms with E-state index >= 15 is 0 Å². The molecule has 0 aliphatic heterocycles. The van der Waals surface area contributed by atoms with Crippen molar-refractivity contribution in [2.45, 2.75) is 360 Å². The van der Waals surface area contributed by atoms with Crippen molar-refractivity contribution >= 4 is 17.9 Å². The lowest BCUT2D eigenvalue weighted by Gasteiger charge is -2.26. The van der Waals surface area contributed by atoms with E-state index in [0.29, 0.717) is 23.9 Å².